The number of amides is 1. The highest BCUT2D eigenvalue weighted by atomic mass is 32.2. The molecule has 0 aromatic carbocycles. The molecule has 0 aliphatic heterocycles. The van der Waals surface area contributed by atoms with Crippen LogP contribution in [0, 0.1) is 0 Å². The van der Waals surface area contributed by atoms with Crippen LogP contribution in [-0.2, 0) is 14.8 Å². The van der Waals surface area contributed by atoms with E-state index in [1.807, 2.05) is 13.8 Å². The second-order valence-electron chi connectivity index (χ2n) is 5.27. The molecule has 18 heavy (non-hydrogen) atoms. The zero-order valence-electron chi connectivity index (χ0n) is 11.5. The quantitative estimate of drug-likeness (QED) is 0.790. The topological polar surface area (TPSA) is 66.5 Å². The first-order chi connectivity index (χ1) is 8.30. The molecule has 0 aromatic heterocycles. The maximum absolute atomic E-state index is 11.7. The zero-order chi connectivity index (χ0) is 13.8. The number of nitrogens with one attached hydrogen (secondary N) is 1. The summed E-state index contributed by atoms with van der Waals surface area (Å²) in [6.45, 7) is 3.89. The molecule has 1 saturated carbocycles. The minimum Gasteiger partial charge on any atom is -0.353 e. The van der Waals surface area contributed by atoms with Crippen molar-refractivity contribution in [3.63, 3.8) is 0 Å². The first kappa shape index (κ1) is 15.4. The molecule has 0 heterocycles. The van der Waals surface area contributed by atoms with Crippen molar-refractivity contribution >= 4 is 15.9 Å². The summed E-state index contributed by atoms with van der Waals surface area (Å²) < 4.78 is 24.4. The molecule has 106 valence electrons. The van der Waals surface area contributed by atoms with Gasteiger partial charge in [-0.3, -0.25) is 4.79 Å². The third kappa shape index (κ3) is 4.94. The normalized spacial score (nSPS) is 17.6. The van der Waals surface area contributed by atoms with E-state index in [2.05, 4.69) is 5.32 Å². The van der Waals surface area contributed by atoms with Gasteiger partial charge in [0, 0.05) is 25.0 Å². The Hall–Kier alpha value is -0.620. The van der Waals surface area contributed by atoms with Crippen molar-refractivity contribution in [3.05, 3.63) is 0 Å². The van der Waals surface area contributed by atoms with Gasteiger partial charge in [-0.25, -0.2) is 8.42 Å². The Labute approximate surface area is 110 Å². The number of hydrogen-bond donors (Lipinski definition) is 1. The molecule has 0 atom stereocenters. The highest BCUT2D eigenvalue weighted by Crippen LogP contribution is 2.17. The number of carbonyl (C=O) groups excluding carboxylic acids is 1. The predicted molar refractivity (Wildman–Crippen MR) is 71.7 cm³/mol. The lowest BCUT2D eigenvalue weighted by Gasteiger charge is -2.23. The average Bonchev–Trinajstić information content (AvgIpc) is 2.67. The lowest BCUT2D eigenvalue weighted by Crippen LogP contribution is -2.40. The monoisotopic (exact) mass is 276 g/mol. The van der Waals surface area contributed by atoms with Gasteiger partial charge >= 0.3 is 0 Å². The highest BCUT2D eigenvalue weighted by Gasteiger charge is 2.22. The summed E-state index contributed by atoms with van der Waals surface area (Å²) in [4.78, 5) is 11.7. The summed E-state index contributed by atoms with van der Waals surface area (Å²) >= 11 is 0. The molecule has 0 aromatic rings. The fourth-order valence-electron chi connectivity index (χ4n) is 2.39. The Balaban J connectivity index is 2.40. The van der Waals surface area contributed by atoms with Gasteiger partial charge in [0.05, 0.1) is 6.26 Å². The fraction of sp³-hybridized carbons (Fsp3) is 0.917. The molecule has 0 bridgehead atoms. The minimum absolute atomic E-state index is 0.0452. The standard InChI is InChI=1S/C12H24N2O3S/c1-10(2)14(18(3,16)17)9-8-12(15)13-11-6-4-5-7-11/h10-11H,4-9H2,1-3H3,(H,13,15). The van der Waals surface area contributed by atoms with Crippen LogP contribution in [0.2, 0.25) is 0 Å². The third-order valence-corrected chi connectivity index (χ3v) is 4.74. The molecule has 0 radical (unpaired) electrons. The van der Waals surface area contributed by atoms with Crippen molar-refractivity contribution in [3.8, 4) is 0 Å². The van der Waals surface area contributed by atoms with E-state index in [0.29, 0.717) is 6.04 Å². The van der Waals surface area contributed by atoms with Crippen molar-refractivity contribution in [1.82, 2.24) is 9.62 Å². The Morgan fingerprint density at radius 1 is 1.33 bits per heavy atom. The number of sulfonamides is 1. The summed E-state index contributed by atoms with van der Waals surface area (Å²) in [5.41, 5.74) is 0. The largest absolute Gasteiger partial charge is 0.353 e. The van der Waals surface area contributed by atoms with Crippen LogP contribution in [-0.4, -0.2) is 43.5 Å². The van der Waals surface area contributed by atoms with Crippen LogP contribution >= 0.6 is 0 Å². The molecular formula is C12H24N2O3S. The number of rotatable bonds is 6. The summed E-state index contributed by atoms with van der Waals surface area (Å²) in [7, 11) is -3.23. The summed E-state index contributed by atoms with van der Waals surface area (Å²) in [5, 5.41) is 2.96. The van der Waals surface area contributed by atoms with Gasteiger partial charge in [0.25, 0.3) is 0 Å². The van der Waals surface area contributed by atoms with Crippen LogP contribution in [0.25, 0.3) is 0 Å². The van der Waals surface area contributed by atoms with E-state index in [1.54, 1.807) is 0 Å². The van der Waals surface area contributed by atoms with Gasteiger partial charge in [-0.2, -0.15) is 4.31 Å². The Morgan fingerprint density at radius 3 is 2.33 bits per heavy atom. The SMILES string of the molecule is CC(C)N(CCC(=O)NC1CCCC1)S(C)(=O)=O. The van der Waals surface area contributed by atoms with Crippen molar-refractivity contribution in [2.24, 2.45) is 0 Å². The van der Waals surface area contributed by atoms with Crippen LogP contribution in [0.5, 0.6) is 0 Å². The lowest BCUT2D eigenvalue weighted by molar-refractivity contribution is -0.121. The van der Waals surface area contributed by atoms with Crippen LogP contribution in [0.1, 0.15) is 46.0 Å². The maximum atomic E-state index is 11.7. The first-order valence-corrected chi connectivity index (χ1v) is 8.41. The van der Waals surface area contributed by atoms with Crippen molar-refractivity contribution < 1.29 is 13.2 Å². The maximum Gasteiger partial charge on any atom is 0.221 e. The lowest BCUT2D eigenvalue weighted by atomic mass is 10.2. The molecule has 6 heteroatoms. The third-order valence-electron chi connectivity index (χ3n) is 3.28. The molecule has 1 amide bonds. The molecule has 0 saturated heterocycles. The Bertz CT molecular complexity index is 373. The van der Waals surface area contributed by atoms with Crippen LogP contribution < -0.4 is 5.32 Å². The molecule has 5 nitrogen and oxygen atoms in total. The van der Waals surface area contributed by atoms with E-state index >= 15 is 0 Å². The molecule has 1 fully saturated rings. The van der Waals surface area contributed by atoms with Crippen molar-refractivity contribution in [2.45, 2.75) is 58.0 Å². The van der Waals surface area contributed by atoms with Crippen LogP contribution in [0.3, 0.4) is 0 Å². The molecule has 0 spiro atoms. The van der Waals surface area contributed by atoms with Gasteiger partial charge < -0.3 is 5.32 Å². The van der Waals surface area contributed by atoms with E-state index in [-0.39, 0.29) is 24.9 Å². The predicted octanol–water partition coefficient (Wildman–Crippen LogP) is 1.11. The highest BCUT2D eigenvalue weighted by molar-refractivity contribution is 7.88. The molecule has 0 unspecified atom stereocenters. The van der Waals surface area contributed by atoms with Crippen LogP contribution in [0.15, 0.2) is 0 Å². The Kier molecular flexibility index (Phi) is 5.59. The number of carbonyl (C=O) groups is 1. The van der Waals surface area contributed by atoms with Gasteiger partial charge in [-0.1, -0.05) is 12.8 Å². The van der Waals surface area contributed by atoms with Gasteiger partial charge in [-0.05, 0) is 26.7 Å². The smallest absolute Gasteiger partial charge is 0.221 e. The second kappa shape index (κ2) is 6.52. The number of nitrogens with zero attached hydrogens (tertiary/aromatic N) is 1. The first-order valence-electron chi connectivity index (χ1n) is 6.57. The van der Waals surface area contributed by atoms with E-state index in [1.165, 1.54) is 23.4 Å². The fourth-order valence-corrected chi connectivity index (χ4v) is 3.58. The minimum atomic E-state index is -3.23. The van der Waals surface area contributed by atoms with Crippen molar-refractivity contribution in [2.75, 3.05) is 12.8 Å². The Morgan fingerprint density at radius 2 is 1.89 bits per heavy atom. The zero-order valence-corrected chi connectivity index (χ0v) is 12.3. The average molecular weight is 276 g/mol. The van der Waals surface area contributed by atoms with Gasteiger partial charge in [-0.15, -0.1) is 0 Å². The molecule has 1 N–H and O–H groups in total. The summed E-state index contributed by atoms with van der Waals surface area (Å²) in [6.07, 6.45) is 5.86. The molecular weight excluding hydrogens is 252 g/mol. The van der Waals surface area contributed by atoms with E-state index in [9.17, 15) is 13.2 Å². The van der Waals surface area contributed by atoms with E-state index < -0.39 is 10.0 Å². The van der Waals surface area contributed by atoms with Gasteiger partial charge in [0.2, 0.25) is 15.9 Å². The molecule has 1 aliphatic rings. The summed E-state index contributed by atoms with van der Waals surface area (Å²) in [6, 6.07) is 0.183. The number of hydrogen-bond acceptors (Lipinski definition) is 3. The second-order valence-corrected chi connectivity index (χ2v) is 7.20. The molecule has 1 aliphatic carbocycles. The van der Waals surface area contributed by atoms with E-state index in [4.69, 9.17) is 0 Å². The summed E-state index contributed by atoms with van der Waals surface area (Å²) in [5.74, 6) is -0.0452. The van der Waals surface area contributed by atoms with Crippen molar-refractivity contribution in [1.29, 1.82) is 0 Å². The molecule has 1 rings (SSSR count). The van der Waals surface area contributed by atoms with E-state index in [0.717, 1.165) is 12.8 Å². The van der Waals surface area contributed by atoms with Gasteiger partial charge in [0.15, 0.2) is 0 Å². The van der Waals surface area contributed by atoms with Crippen LogP contribution in [0.4, 0.5) is 0 Å². The van der Waals surface area contributed by atoms with Gasteiger partial charge in [0.1, 0.15) is 0 Å².